The molecule has 4 atom stereocenters. The van der Waals surface area contributed by atoms with Gasteiger partial charge in [-0.15, -0.1) is 16.4 Å². The van der Waals surface area contributed by atoms with Gasteiger partial charge >= 0.3 is 6.09 Å². The molecule has 4 aromatic heterocycles. The van der Waals surface area contributed by atoms with Gasteiger partial charge in [-0.3, -0.25) is 14.4 Å². The van der Waals surface area contributed by atoms with Crippen molar-refractivity contribution in [3.63, 3.8) is 0 Å². The summed E-state index contributed by atoms with van der Waals surface area (Å²) in [6, 6.07) is 24.9. The van der Waals surface area contributed by atoms with Gasteiger partial charge in [0.25, 0.3) is 5.91 Å². The minimum absolute atomic E-state index is 0.0455. The molecule has 0 saturated carbocycles. The molecule has 0 radical (unpaired) electrons. The molecular weight excluding hydrogens is 1200 g/mol. The Morgan fingerprint density at radius 3 is 2.16 bits per heavy atom. The predicted octanol–water partition coefficient (Wildman–Crippen LogP) is 6.64. The van der Waals surface area contributed by atoms with Crippen LogP contribution in [0.15, 0.2) is 109 Å². The first-order chi connectivity index (χ1) is 44.6. The number of alkyl carbamates (subject to hydrolysis) is 1. The average molecular weight is 1280 g/mol. The molecule has 2 aliphatic heterocycles. The van der Waals surface area contributed by atoms with Crippen LogP contribution in [0, 0.1) is 23.7 Å². The Bertz CT molecular complexity index is 3610. The zero-order chi connectivity index (χ0) is 64.8. The number of hydrogen-bond donors (Lipinski definition) is 4. The van der Waals surface area contributed by atoms with Gasteiger partial charge in [0.15, 0.2) is 5.65 Å². The number of amides is 4. The second-order valence-corrected chi connectivity index (χ2v) is 24.1. The number of aryl methyl sites for hydroxylation is 2. The first-order valence-electron chi connectivity index (χ1n) is 30.8. The van der Waals surface area contributed by atoms with Crippen molar-refractivity contribution in [3.05, 3.63) is 125 Å². The number of carbonyl (C=O) groups excluding carboxylic acids is 4. The summed E-state index contributed by atoms with van der Waals surface area (Å²) >= 11 is 1.56. The molecule has 3 aromatic carbocycles. The maximum atomic E-state index is 13.9. The summed E-state index contributed by atoms with van der Waals surface area (Å²) in [5.41, 5.74) is 13.1. The standard InChI is InChI=1S/C65H80N14O12S/c1-44-57(92-43-71-44)47-17-15-45(16-18-47)38-68-61(81)54-36-51(80)41-78(54)63(83)58(65(2,3)4)72-64(84)90-35-34-89-33-32-88-31-30-87-29-28-86-27-26-85-25-24-77-39-49(73-75-77)11-8-10-48(37-66)62(82)76-23-9-12-50(40-76)79-60-55(59(67)69-42-70-60)56(74-79)46-19-21-53(22-20-46)91-52-13-6-5-7-14-52/h5-7,10,13-22,39,42-43,50-51,54,58,80H,8-9,11-12,23-36,38,40-41H2,1-4H3,(H,68,81)(H,72,84)(H2,67,69,70). The van der Waals surface area contributed by atoms with Gasteiger partial charge in [-0.1, -0.05) is 74.5 Å². The SMILES string of the molecule is Cc1ncsc1-c1ccc(CNC(=O)C2CC(O)CN2C(=O)C(NC(=O)OCCOCCOCCOCCOCCOCCn2cc(CCC=C(C#N)C(=O)N3CCCC(n4nc(-c5ccc(Oc6ccccc6)cc5)c5c(N)ncnc54)C3)nn2)C(C)(C)C)cc1. The molecule has 488 valence electrons. The first-order valence-corrected chi connectivity index (χ1v) is 31.7. The average Bonchev–Trinajstić information content (AvgIpc) is 1.64. The number of likely N-dealkylation sites (tertiary alicyclic amines) is 2. The molecule has 4 amide bonds. The summed E-state index contributed by atoms with van der Waals surface area (Å²) in [7, 11) is 0. The maximum absolute atomic E-state index is 13.9. The number of carbonyl (C=O) groups is 4. The molecule has 92 heavy (non-hydrogen) atoms. The molecule has 6 heterocycles. The van der Waals surface area contributed by atoms with Crippen molar-refractivity contribution in [2.75, 3.05) is 98.0 Å². The molecule has 0 spiro atoms. The van der Waals surface area contributed by atoms with E-state index < -0.39 is 41.5 Å². The van der Waals surface area contributed by atoms with Crippen LogP contribution in [0.5, 0.6) is 11.5 Å². The van der Waals surface area contributed by atoms with Crippen LogP contribution in [-0.4, -0.2) is 189 Å². The highest BCUT2D eigenvalue weighted by Gasteiger charge is 2.45. The number of thiazole rings is 1. The van der Waals surface area contributed by atoms with Crippen LogP contribution >= 0.6 is 11.3 Å². The second-order valence-electron chi connectivity index (χ2n) is 23.2. The third-order valence-corrected chi connectivity index (χ3v) is 16.4. The number of nitrogens with two attached hydrogens (primary N) is 1. The topological polar surface area (TPSA) is 321 Å². The predicted molar refractivity (Wildman–Crippen MR) is 341 cm³/mol. The van der Waals surface area contributed by atoms with Crippen molar-refractivity contribution < 1.29 is 57.4 Å². The highest BCUT2D eigenvalue weighted by atomic mass is 32.1. The van der Waals surface area contributed by atoms with Crippen LogP contribution < -0.4 is 21.1 Å². The fraction of sp³-hybridized carbons (Fsp3) is 0.462. The zero-order valence-corrected chi connectivity index (χ0v) is 53.1. The molecule has 7 aromatic rings. The summed E-state index contributed by atoms with van der Waals surface area (Å²) in [6.45, 7) is 12.1. The lowest BCUT2D eigenvalue weighted by atomic mass is 9.85. The summed E-state index contributed by atoms with van der Waals surface area (Å²) in [5, 5.41) is 40.3. The van der Waals surface area contributed by atoms with E-state index >= 15 is 0 Å². The van der Waals surface area contributed by atoms with E-state index in [1.807, 2.05) is 96.7 Å². The third-order valence-electron chi connectivity index (χ3n) is 15.4. The lowest BCUT2D eigenvalue weighted by Gasteiger charge is -2.35. The quantitative estimate of drug-likeness (QED) is 0.0195. The van der Waals surface area contributed by atoms with E-state index in [1.54, 1.807) is 53.3 Å². The van der Waals surface area contributed by atoms with E-state index in [2.05, 4.69) is 42.0 Å². The van der Waals surface area contributed by atoms with E-state index in [9.17, 15) is 29.5 Å². The number of aliphatic hydroxyl groups excluding tert-OH is 1. The second kappa shape index (κ2) is 33.5. The van der Waals surface area contributed by atoms with E-state index in [1.165, 1.54) is 11.2 Å². The van der Waals surface area contributed by atoms with Crippen molar-refractivity contribution in [1.29, 1.82) is 5.26 Å². The molecule has 9 rings (SSSR count). The number of anilines is 1. The summed E-state index contributed by atoms with van der Waals surface area (Å²) < 4.78 is 42.9. The number of piperidine rings is 1. The van der Waals surface area contributed by atoms with E-state index in [0.29, 0.717) is 120 Å². The Labute approximate surface area is 537 Å². The van der Waals surface area contributed by atoms with E-state index in [0.717, 1.165) is 45.1 Å². The smallest absolute Gasteiger partial charge is 0.407 e. The van der Waals surface area contributed by atoms with Crippen molar-refractivity contribution >= 4 is 52.0 Å². The van der Waals surface area contributed by atoms with Crippen molar-refractivity contribution in [2.45, 2.75) is 97.1 Å². The van der Waals surface area contributed by atoms with Crippen LogP contribution in [0.2, 0.25) is 0 Å². The van der Waals surface area contributed by atoms with Crippen molar-refractivity contribution in [1.82, 2.24) is 60.2 Å². The Balaban J connectivity index is 0.580. The Hall–Kier alpha value is -8.75. The first kappa shape index (κ1) is 67.6. The molecule has 4 unspecified atom stereocenters. The van der Waals surface area contributed by atoms with Gasteiger partial charge in [0.05, 0.1) is 112 Å². The number of benzene rings is 3. The number of fused-ring (bicyclic) bond motifs is 1. The van der Waals surface area contributed by atoms with Gasteiger partial charge in [0, 0.05) is 44.4 Å². The number of aliphatic hydroxyl groups is 1. The third kappa shape index (κ3) is 18.9. The van der Waals surface area contributed by atoms with Crippen LogP contribution in [0.4, 0.5) is 10.6 Å². The number of β-amino-alcohol motifs (C(OH)–C–C–N with tert-alkyl or cyclic N) is 1. The fourth-order valence-corrected chi connectivity index (χ4v) is 11.5. The number of hydrogen-bond acceptors (Lipinski definition) is 21. The van der Waals surface area contributed by atoms with Crippen LogP contribution in [0.3, 0.4) is 0 Å². The highest BCUT2D eigenvalue weighted by Crippen LogP contribution is 2.36. The summed E-state index contributed by atoms with van der Waals surface area (Å²) in [5.74, 6) is 0.473. The number of nitrogens with zero attached hydrogens (tertiary/aromatic N) is 11. The maximum Gasteiger partial charge on any atom is 0.407 e. The minimum Gasteiger partial charge on any atom is -0.457 e. The fourth-order valence-electron chi connectivity index (χ4n) is 10.6. The van der Waals surface area contributed by atoms with Gasteiger partial charge in [0.1, 0.15) is 59.7 Å². The molecule has 26 nitrogen and oxygen atoms in total. The minimum atomic E-state index is -1.04. The lowest BCUT2D eigenvalue weighted by molar-refractivity contribution is -0.142. The lowest BCUT2D eigenvalue weighted by Crippen LogP contribution is -2.57. The number of aromatic nitrogens is 8. The number of rotatable bonds is 32. The molecule has 2 saturated heterocycles. The monoisotopic (exact) mass is 1280 g/mol. The number of nitriles is 1. The molecule has 5 N–H and O–H groups in total. The number of nitrogen functional groups attached to an aromatic ring is 1. The summed E-state index contributed by atoms with van der Waals surface area (Å²) in [6.07, 6.45) is 5.63. The van der Waals surface area contributed by atoms with E-state index in [-0.39, 0.29) is 56.9 Å². The highest BCUT2D eigenvalue weighted by molar-refractivity contribution is 7.13. The van der Waals surface area contributed by atoms with Crippen molar-refractivity contribution in [3.8, 4) is 39.3 Å². The molecule has 0 bridgehead atoms. The summed E-state index contributed by atoms with van der Waals surface area (Å²) in [4.78, 5) is 71.3. The number of para-hydroxylation sites is 1. The number of ether oxygens (including phenoxy) is 7. The normalized spacial score (nSPS) is 16.3. The Morgan fingerprint density at radius 2 is 1.50 bits per heavy atom. The Kier molecular flexibility index (Phi) is 24.7. The van der Waals surface area contributed by atoms with Crippen LogP contribution in [0.25, 0.3) is 32.7 Å². The largest absolute Gasteiger partial charge is 0.457 e. The molecule has 2 aliphatic rings. The van der Waals surface area contributed by atoms with Crippen LogP contribution in [-0.2, 0) is 62.3 Å². The molecule has 27 heteroatoms. The molecule has 2 fully saturated rings. The molecular formula is C65H80N14O12S. The number of nitrogens with one attached hydrogen (secondary N) is 2. The Morgan fingerprint density at radius 1 is 0.837 bits per heavy atom. The number of allylic oxidation sites excluding steroid dienone is 1. The van der Waals surface area contributed by atoms with Crippen molar-refractivity contribution in [2.24, 2.45) is 5.41 Å². The zero-order valence-electron chi connectivity index (χ0n) is 52.3. The van der Waals surface area contributed by atoms with Gasteiger partial charge in [-0.25, -0.2) is 29.1 Å². The van der Waals surface area contributed by atoms with Gasteiger partial charge < -0.3 is 64.4 Å². The molecule has 0 aliphatic carbocycles. The van der Waals surface area contributed by atoms with Gasteiger partial charge in [0.2, 0.25) is 11.8 Å². The van der Waals surface area contributed by atoms with Gasteiger partial charge in [-0.05, 0) is 85.5 Å². The van der Waals surface area contributed by atoms with E-state index in [4.69, 9.17) is 44.0 Å². The van der Waals surface area contributed by atoms with Gasteiger partial charge in [-0.2, -0.15) is 10.4 Å². The van der Waals surface area contributed by atoms with Crippen LogP contribution in [0.1, 0.15) is 69.4 Å².